The largest absolute Gasteiger partial charge is 0.491 e. The number of aliphatic hydroxyl groups excluding tert-OH is 1. The van der Waals surface area contributed by atoms with E-state index in [9.17, 15) is 9.90 Å². The van der Waals surface area contributed by atoms with Gasteiger partial charge in [-0.2, -0.15) is 0 Å². The second-order valence-electron chi connectivity index (χ2n) is 8.88. The number of nitrogens with one attached hydrogen (secondary N) is 2. The van der Waals surface area contributed by atoms with Gasteiger partial charge in [0.1, 0.15) is 22.1 Å². The Balaban J connectivity index is 1.31. The Kier molecular flexibility index (Phi) is 5.86. The molecule has 1 saturated heterocycles. The Hall–Kier alpha value is -2.88. The van der Waals surface area contributed by atoms with Gasteiger partial charge in [0.2, 0.25) is 0 Å². The van der Waals surface area contributed by atoms with Gasteiger partial charge in [-0.05, 0) is 44.0 Å². The Morgan fingerprint density at radius 2 is 2.21 bits per heavy atom. The summed E-state index contributed by atoms with van der Waals surface area (Å²) in [5.74, 6) is 0.642. The maximum absolute atomic E-state index is 13.0. The Morgan fingerprint density at radius 3 is 3.03 bits per heavy atom. The number of aryl methyl sites for hydroxylation is 1. The first-order valence-electron chi connectivity index (χ1n) is 11.3. The Bertz CT molecular complexity index is 1200. The van der Waals surface area contributed by atoms with E-state index in [1.807, 2.05) is 19.1 Å². The first-order chi connectivity index (χ1) is 15.9. The maximum atomic E-state index is 13.0. The second kappa shape index (κ2) is 8.81. The number of anilines is 2. The number of aromatic nitrogens is 1. The third kappa shape index (κ3) is 4.12. The lowest BCUT2D eigenvalue weighted by Crippen LogP contribution is -2.58. The average molecular weight is 468 g/mol. The molecule has 0 saturated carbocycles. The Labute approximate surface area is 196 Å². The average Bonchev–Trinajstić information content (AvgIpc) is 3.14. The van der Waals surface area contributed by atoms with Gasteiger partial charge in [0.05, 0.1) is 24.4 Å². The number of amides is 1. The number of benzene rings is 1. The minimum atomic E-state index is -0.192. The Morgan fingerprint density at radius 1 is 1.36 bits per heavy atom. The molecule has 0 bridgehead atoms. The van der Waals surface area contributed by atoms with Gasteiger partial charge in [-0.1, -0.05) is 6.07 Å². The summed E-state index contributed by atoms with van der Waals surface area (Å²) in [5, 5.41) is 17.1. The van der Waals surface area contributed by atoms with E-state index in [1.54, 1.807) is 0 Å². The van der Waals surface area contributed by atoms with Crippen molar-refractivity contribution in [1.29, 1.82) is 0 Å². The van der Waals surface area contributed by atoms with E-state index in [0.29, 0.717) is 23.6 Å². The summed E-state index contributed by atoms with van der Waals surface area (Å²) in [7, 11) is 0. The highest BCUT2D eigenvalue weighted by Gasteiger charge is 2.29. The fraction of sp³-hybridized carbons (Fsp3) is 0.417. The second-order valence-corrected chi connectivity index (χ2v) is 9.88. The highest BCUT2D eigenvalue weighted by molar-refractivity contribution is 7.21. The zero-order chi connectivity index (χ0) is 23.1. The molecule has 0 radical (unpaired) electrons. The van der Waals surface area contributed by atoms with Gasteiger partial charge in [-0.3, -0.25) is 4.79 Å². The van der Waals surface area contributed by atoms with Crippen molar-refractivity contribution in [2.45, 2.75) is 38.4 Å². The lowest BCUT2D eigenvalue weighted by molar-refractivity contribution is 0.0920. The van der Waals surface area contributed by atoms with Crippen LogP contribution in [-0.2, 0) is 6.42 Å². The van der Waals surface area contributed by atoms with Gasteiger partial charge in [-0.15, -0.1) is 11.3 Å². The fourth-order valence-electron chi connectivity index (χ4n) is 4.76. The summed E-state index contributed by atoms with van der Waals surface area (Å²) < 4.78 is 6.05. The van der Waals surface area contributed by atoms with Crippen LogP contribution >= 0.6 is 11.3 Å². The lowest BCUT2D eigenvalue weighted by atomic mass is 10.0. The number of thiophene rings is 1. The van der Waals surface area contributed by atoms with Crippen molar-refractivity contribution in [1.82, 2.24) is 15.6 Å². The molecule has 2 aliphatic heterocycles. The number of hydrogen-bond acceptors (Lipinski definition) is 8. The van der Waals surface area contributed by atoms with Crippen LogP contribution in [0.15, 0.2) is 30.3 Å². The van der Waals surface area contributed by atoms with Crippen LogP contribution in [0.5, 0.6) is 5.75 Å². The molecule has 1 amide bonds. The number of pyridine rings is 1. The summed E-state index contributed by atoms with van der Waals surface area (Å²) in [6, 6.07) is 10.2. The molecule has 0 spiro atoms. The van der Waals surface area contributed by atoms with E-state index in [1.165, 1.54) is 11.3 Å². The van der Waals surface area contributed by atoms with Crippen LogP contribution in [0.3, 0.4) is 0 Å². The molecule has 3 aromatic rings. The summed E-state index contributed by atoms with van der Waals surface area (Å²) in [5.41, 5.74) is 9.72. The number of fused-ring (bicyclic) bond motifs is 2. The van der Waals surface area contributed by atoms with E-state index in [2.05, 4.69) is 45.6 Å². The normalized spacial score (nSPS) is 22.6. The molecule has 9 heteroatoms. The predicted octanol–water partition coefficient (Wildman–Crippen LogP) is 2.08. The van der Waals surface area contributed by atoms with Gasteiger partial charge in [0.25, 0.3) is 5.91 Å². The minimum absolute atomic E-state index is 0.0347. The van der Waals surface area contributed by atoms with E-state index in [0.717, 1.165) is 46.0 Å². The van der Waals surface area contributed by atoms with Crippen molar-refractivity contribution in [3.05, 3.63) is 46.5 Å². The van der Waals surface area contributed by atoms with Gasteiger partial charge in [0.15, 0.2) is 0 Å². The molecule has 33 heavy (non-hydrogen) atoms. The van der Waals surface area contributed by atoms with Crippen molar-refractivity contribution in [2.24, 2.45) is 0 Å². The first-order valence-corrected chi connectivity index (χ1v) is 12.1. The standard InChI is InChI=1S/C24H29N5O3S/c1-13-3-6-19-21(25)22(33-24(19)27-13)23(31)28-16-7-15-4-5-17(8-20(15)32-12-16)29-14(2)9-26-10-18(29)11-30/h3-6,8,14,16,18,26,30H,7,9-12,25H2,1-2H3,(H,28,31). The van der Waals surface area contributed by atoms with Crippen LogP contribution in [0, 0.1) is 6.92 Å². The molecular formula is C24H29N5O3S. The number of carbonyl (C=O) groups is 1. The zero-order valence-corrected chi connectivity index (χ0v) is 19.6. The number of piperazine rings is 1. The van der Waals surface area contributed by atoms with Crippen molar-refractivity contribution in [3.8, 4) is 5.75 Å². The molecule has 174 valence electrons. The van der Waals surface area contributed by atoms with E-state index < -0.39 is 0 Å². The number of aliphatic hydroxyl groups is 1. The number of nitrogen functional groups attached to an aromatic ring is 1. The minimum Gasteiger partial charge on any atom is -0.491 e. The number of ether oxygens (including phenoxy) is 1. The summed E-state index contributed by atoms with van der Waals surface area (Å²) in [4.78, 5) is 21.0. The van der Waals surface area contributed by atoms with Crippen molar-refractivity contribution < 1.29 is 14.6 Å². The number of carbonyl (C=O) groups excluding carboxylic acids is 1. The van der Waals surface area contributed by atoms with Crippen molar-refractivity contribution in [2.75, 3.05) is 36.9 Å². The topological polar surface area (TPSA) is 113 Å². The van der Waals surface area contributed by atoms with Crippen LogP contribution in [0.2, 0.25) is 0 Å². The van der Waals surface area contributed by atoms with Crippen LogP contribution in [0.25, 0.3) is 10.2 Å². The first kappa shape index (κ1) is 21.9. The van der Waals surface area contributed by atoms with Gasteiger partial charge in [-0.25, -0.2) is 4.98 Å². The SMILES string of the molecule is Cc1ccc2c(N)c(C(=O)NC3COc4cc(N5C(C)CNCC5CO)ccc4C3)sc2n1. The van der Waals surface area contributed by atoms with Crippen LogP contribution < -0.4 is 26.0 Å². The summed E-state index contributed by atoms with van der Waals surface area (Å²) >= 11 is 1.32. The molecule has 1 aromatic carbocycles. The van der Waals surface area contributed by atoms with Crippen LogP contribution in [-0.4, -0.2) is 60.4 Å². The summed E-state index contributed by atoms with van der Waals surface area (Å²) in [6.07, 6.45) is 0.685. The molecule has 3 unspecified atom stereocenters. The molecule has 5 rings (SSSR count). The van der Waals surface area contributed by atoms with Gasteiger partial charge in [0, 0.05) is 42.0 Å². The van der Waals surface area contributed by atoms with Crippen LogP contribution in [0.4, 0.5) is 11.4 Å². The molecule has 0 aliphatic carbocycles. The van der Waals surface area contributed by atoms with Crippen LogP contribution in [0.1, 0.15) is 27.9 Å². The molecule has 5 N–H and O–H groups in total. The number of nitrogens with two attached hydrogens (primary N) is 1. The predicted molar refractivity (Wildman–Crippen MR) is 131 cm³/mol. The highest BCUT2D eigenvalue weighted by Crippen LogP contribution is 2.34. The van der Waals surface area contributed by atoms with E-state index >= 15 is 0 Å². The molecule has 2 aromatic heterocycles. The number of rotatable bonds is 4. The smallest absolute Gasteiger partial charge is 0.263 e. The lowest BCUT2D eigenvalue weighted by Gasteiger charge is -2.42. The van der Waals surface area contributed by atoms with E-state index in [4.69, 9.17) is 10.5 Å². The fourth-order valence-corrected chi connectivity index (χ4v) is 5.80. The molecule has 1 fully saturated rings. The third-order valence-corrected chi connectivity index (χ3v) is 7.54. The molecule has 2 aliphatic rings. The van der Waals surface area contributed by atoms with Gasteiger partial charge < -0.3 is 31.1 Å². The molecule has 4 heterocycles. The molecule has 3 atom stereocenters. The quantitative estimate of drug-likeness (QED) is 0.465. The zero-order valence-electron chi connectivity index (χ0n) is 18.8. The number of hydrogen-bond donors (Lipinski definition) is 4. The molecule has 8 nitrogen and oxygen atoms in total. The van der Waals surface area contributed by atoms with Crippen molar-refractivity contribution in [3.63, 3.8) is 0 Å². The number of nitrogens with zero attached hydrogens (tertiary/aromatic N) is 2. The summed E-state index contributed by atoms with van der Waals surface area (Å²) in [6.45, 7) is 6.19. The highest BCUT2D eigenvalue weighted by atomic mass is 32.1. The molecular weight excluding hydrogens is 438 g/mol. The third-order valence-electron chi connectivity index (χ3n) is 6.43. The maximum Gasteiger partial charge on any atom is 0.263 e. The van der Waals surface area contributed by atoms with Gasteiger partial charge >= 0.3 is 0 Å². The monoisotopic (exact) mass is 467 g/mol. The van der Waals surface area contributed by atoms with Crippen molar-refractivity contribution >= 4 is 38.8 Å². The van der Waals surface area contributed by atoms with E-state index in [-0.39, 0.29) is 30.6 Å².